The largest absolute Gasteiger partial charge is 0.347 e. The predicted octanol–water partition coefficient (Wildman–Crippen LogP) is 2.46. The summed E-state index contributed by atoms with van der Waals surface area (Å²) in [5, 5.41) is 5.28. The smallest absolute Gasteiger partial charge is 0.241 e. The van der Waals surface area contributed by atoms with Gasteiger partial charge in [-0.05, 0) is 23.4 Å². The first-order chi connectivity index (χ1) is 12.1. The molecule has 1 heterocycles. The number of likely N-dealkylation sites (N-methyl/N-ethyl adjacent to an activating group) is 2. The number of aliphatic imine (C=N–C) groups is 1. The summed E-state index contributed by atoms with van der Waals surface area (Å²) in [6.07, 6.45) is 0.960. The Morgan fingerprint density at radius 1 is 1.12 bits per heavy atom. The number of carbonyl (C=O) groups is 1. The van der Waals surface area contributed by atoms with Gasteiger partial charge in [-0.2, -0.15) is 0 Å². The lowest BCUT2D eigenvalue weighted by Gasteiger charge is -2.23. The summed E-state index contributed by atoms with van der Waals surface area (Å²) in [6.45, 7) is 1.67. The number of nitrogens with one attached hydrogen (secondary N) is 1. The fourth-order valence-electron chi connectivity index (χ4n) is 2.21. The van der Waals surface area contributed by atoms with Gasteiger partial charge in [-0.15, -0.1) is 11.3 Å². The monoisotopic (exact) mass is 358 g/mol. The Balaban J connectivity index is 2.00. The van der Waals surface area contributed by atoms with E-state index < -0.39 is 0 Å². The first-order valence-corrected chi connectivity index (χ1v) is 9.20. The fraction of sp³-hybridized carbons (Fsp3) is 0.368. The summed E-state index contributed by atoms with van der Waals surface area (Å²) in [4.78, 5) is 21.6. The molecule has 1 aromatic carbocycles. The summed E-state index contributed by atoms with van der Waals surface area (Å²) >= 11 is 1.76. The molecule has 0 saturated heterocycles. The van der Waals surface area contributed by atoms with E-state index in [0.717, 1.165) is 24.5 Å². The van der Waals surface area contributed by atoms with Gasteiger partial charge in [-0.1, -0.05) is 36.4 Å². The van der Waals surface area contributed by atoms with Crippen molar-refractivity contribution in [2.75, 3.05) is 34.2 Å². The number of carbonyl (C=O) groups excluding carboxylic acids is 1. The summed E-state index contributed by atoms with van der Waals surface area (Å²) in [7, 11) is 5.52. The van der Waals surface area contributed by atoms with Crippen LogP contribution in [-0.2, 0) is 17.8 Å². The molecular weight excluding hydrogens is 332 g/mol. The van der Waals surface area contributed by atoms with Crippen molar-refractivity contribution < 1.29 is 4.79 Å². The molecular formula is C19H26N4OS. The van der Waals surface area contributed by atoms with Crippen molar-refractivity contribution in [3.05, 3.63) is 58.3 Å². The van der Waals surface area contributed by atoms with E-state index in [1.54, 1.807) is 30.3 Å². The molecule has 0 atom stereocenters. The van der Waals surface area contributed by atoms with Crippen LogP contribution in [0.15, 0.2) is 52.8 Å². The van der Waals surface area contributed by atoms with Gasteiger partial charge in [0, 0.05) is 32.6 Å². The Kier molecular flexibility index (Phi) is 7.47. The minimum atomic E-state index is 0.0269. The highest BCUT2D eigenvalue weighted by atomic mass is 32.1. The van der Waals surface area contributed by atoms with E-state index in [0.29, 0.717) is 6.54 Å². The van der Waals surface area contributed by atoms with E-state index in [2.05, 4.69) is 44.9 Å². The van der Waals surface area contributed by atoms with Gasteiger partial charge in [-0.25, -0.2) is 4.99 Å². The molecule has 0 radical (unpaired) electrons. The highest BCUT2D eigenvalue weighted by Crippen LogP contribution is 2.09. The Morgan fingerprint density at radius 2 is 1.88 bits per heavy atom. The SMILES string of the molecule is CN(C)C(=O)CNC(=NCc1ccccc1)N(C)CCc1cccs1. The van der Waals surface area contributed by atoms with Crippen LogP contribution in [-0.4, -0.2) is 55.9 Å². The van der Waals surface area contributed by atoms with Crippen LogP contribution in [0.4, 0.5) is 0 Å². The standard InChI is InChI=1S/C19H26N4OS/c1-22(2)18(24)15-21-19(20-14-16-8-5-4-6-9-16)23(3)12-11-17-10-7-13-25-17/h4-10,13H,11-12,14-15H2,1-3H3,(H,20,21). The third-order valence-electron chi connectivity index (χ3n) is 3.79. The zero-order valence-corrected chi connectivity index (χ0v) is 15.9. The second-order valence-corrected chi connectivity index (χ2v) is 7.05. The molecule has 6 heteroatoms. The molecule has 1 N–H and O–H groups in total. The Hall–Kier alpha value is -2.34. The van der Waals surface area contributed by atoms with E-state index in [1.807, 2.05) is 25.2 Å². The average Bonchev–Trinajstić information content (AvgIpc) is 3.13. The molecule has 0 aliphatic rings. The van der Waals surface area contributed by atoms with E-state index in [1.165, 1.54) is 4.88 Å². The maximum atomic E-state index is 11.9. The van der Waals surface area contributed by atoms with Crippen LogP contribution in [0.1, 0.15) is 10.4 Å². The van der Waals surface area contributed by atoms with Crippen molar-refractivity contribution in [2.45, 2.75) is 13.0 Å². The zero-order chi connectivity index (χ0) is 18.1. The highest BCUT2D eigenvalue weighted by molar-refractivity contribution is 7.09. The number of amides is 1. The van der Waals surface area contributed by atoms with E-state index in [-0.39, 0.29) is 12.5 Å². The van der Waals surface area contributed by atoms with Gasteiger partial charge >= 0.3 is 0 Å². The van der Waals surface area contributed by atoms with Gasteiger partial charge < -0.3 is 15.1 Å². The maximum Gasteiger partial charge on any atom is 0.241 e. The first kappa shape index (κ1) is 19.0. The number of nitrogens with zero attached hydrogens (tertiary/aromatic N) is 3. The molecule has 0 saturated carbocycles. The minimum Gasteiger partial charge on any atom is -0.347 e. The van der Waals surface area contributed by atoms with Gasteiger partial charge in [-0.3, -0.25) is 4.79 Å². The lowest BCUT2D eigenvalue weighted by Crippen LogP contribution is -2.44. The van der Waals surface area contributed by atoms with Gasteiger partial charge in [0.2, 0.25) is 5.91 Å². The van der Waals surface area contributed by atoms with E-state index >= 15 is 0 Å². The van der Waals surface area contributed by atoms with Gasteiger partial charge in [0.15, 0.2) is 5.96 Å². The maximum absolute atomic E-state index is 11.9. The lowest BCUT2D eigenvalue weighted by molar-refractivity contribution is -0.127. The van der Waals surface area contributed by atoms with Crippen molar-refractivity contribution in [1.82, 2.24) is 15.1 Å². The summed E-state index contributed by atoms with van der Waals surface area (Å²) in [5.41, 5.74) is 1.15. The predicted molar refractivity (Wildman–Crippen MR) is 105 cm³/mol. The molecule has 25 heavy (non-hydrogen) atoms. The normalized spacial score (nSPS) is 11.2. The highest BCUT2D eigenvalue weighted by Gasteiger charge is 2.10. The molecule has 134 valence electrons. The summed E-state index contributed by atoms with van der Waals surface area (Å²) in [5.74, 6) is 0.773. The molecule has 0 bridgehead atoms. The molecule has 1 amide bonds. The number of thiophene rings is 1. The first-order valence-electron chi connectivity index (χ1n) is 8.32. The Bertz CT molecular complexity index is 668. The molecule has 2 rings (SSSR count). The third kappa shape index (κ3) is 6.58. The Labute approximate surface area is 154 Å². The minimum absolute atomic E-state index is 0.0269. The number of benzene rings is 1. The van der Waals surface area contributed by atoms with Gasteiger partial charge in [0.05, 0.1) is 13.1 Å². The Morgan fingerprint density at radius 3 is 2.52 bits per heavy atom. The fourth-order valence-corrected chi connectivity index (χ4v) is 2.91. The second kappa shape index (κ2) is 9.84. The molecule has 1 aromatic heterocycles. The van der Waals surface area contributed by atoms with Crippen molar-refractivity contribution in [3.8, 4) is 0 Å². The summed E-state index contributed by atoms with van der Waals surface area (Å²) < 4.78 is 0. The van der Waals surface area contributed by atoms with Crippen molar-refractivity contribution >= 4 is 23.2 Å². The van der Waals surface area contributed by atoms with Crippen molar-refractivity contribution in [2.24, 2.45) is 4.99 Å². The van der Waals surface area contributed by atoms with Crippen LogP contribution in [0.3, 0.4) is 0 Å². The van der Waals surface area contributed by atoms with Crippen LogP contribution in [0, 0.1) is 0 Å². The van der Waals surface area contributed by atoms with Crippen LogP contribution in [0.5, 0.6) is 0 Å². The van der Waals surface area contributed by atoms with E-state index in [9.17, 15) is 4.79 Å². The number of rotatable bonds is 7. The van der Waals surface area contributed by atoms with Gasteiger partial charge in [0.25, 0.3) is 0 Å². The zero-order valence-electron chi connectivity index (χ0n) is 15.1. The van der Waals surface area contributed by atoms with Gasteiger partial charge in [0.1, 0.15) is 0 Å². The molecule has 0 unspecified atom stereocenters. The van der Waals surface area contributed by atoms with E-state index in [4.69, 9.17) is 0 Å². The third-order valence-corrected chi connectivity index (χ3v) is 4.72. The topological polar surface area (TPSA) is 47.9 Å². The second-order valence-electron chi connectivity index (χ2n) is 6.02. The summed E-state index contributed by atoms with van der Waals surface area (Å²) in [6, 6.07) is 14.3. The van der Waals surface area contributed by atoms with Crippen LogP contribution >= 0.6 is 11.3 Å². The van der Waals surface area contributed by atoms with Crippen molar-refractivity contribution in [3.63, 3.8) is 0 Å². The number of hydrogen-bond donors (Lipinski definition) is 1. The molecule has 0 spiro atoms. The van der Waals surface area contributed by atoms with Crippen LogP contribution < -0.4 is 5.32 Å². The quantitative estimate of drug-likeness (QED) is 0.611. The lowest BCUT2D eigenvalue weighted by atomic mass is 10.2. The van der Waals surface area contributed by atoms with Crippen LogP contribution in [0.25, 0.3) is 0 Å². The number of hydrogen-bond acceptors (Lipinski definition) is 3. The molecule has 2 aromatic rings. The molecule has 0 fully saturated rings. The molecule has 0 aliphatic heterocycles. The average molecular weight is 359 g/mol. The molecule has 0 aliphatic carbocycles. The van der Waals surface area contributed by atoms with Crippen molar-refractivity contribution in [1.29, 1.82) is 0 Å². The molecule has 5 nitrogen and oxygen atoms in total. The number of guanidine groups is 1. The van der Waals surface area contributed by atoms with Crippen LogP contribution in [0.2, 0.25) is 0 Å².